The Balaban J connectivity index is 1.32. The number of likely N-dealkylation sites (tertiary alicyclic amines) is 1. The number of carbonyl (C=O) groups is 3. The number of benzene rings is 1. The van der Waals surface area contributed by atoms with E-state index in [1.807, 2.05) is 55.3 Å². The normalized spacial score (nSPS) is 19.8. The average molecular weight is 547 g/mol. The van der Waals surface area contributed by atoms with Crippen LogP contribution in [-0.2, 0) is 40.2 Å². The summed E-state index contributed by atoms with van der Waals surface area (Å²) in [6.07, 6.45) is 5.33. The smallest absolute Gasteiger partial charge is 0.242 e. The van der Waals surface area contributed by atoms with Gasteiger partial charge < -0.3 is 15.5 Å². The zero-order chi connectivity index (χ0) is 28.1. The largest absolute Gasteiger partial charge is 0.354 e. The zero-order valence-corrected chi connectivity index (χ0v) is 23.3. The molecule has 0 saturated carbocycles. The minimum absolute atomic E-state index is 0.0622. The Morgan fingerprint density at radius 3 is 2.60 bits per heavy atom. The molecule has 1 spiro atoms. The number of hydrogen-bond acceptors (Lipinski definition) is 6. The summed E-state index contributed by atoms with van der Waals surface area (Å²) < 4.78 is 1.77. The standard InChI is InChI=1S/C29H38N8O3/c1-20-21(2)32-34-24(20)9-10-26(38)36-15-11-29(12-16-36)18-23-19-37(35-33-23)14-6-13-30-27(39)25(31-28(29)40)17-22-7-4-3-5-8-22/h3-5,7-8,19,25H,6,9-18H2,1-2H3,(H,30,39)(H,31,40)(H,32,34)/t25-/m0/s1. The highest BCUT2D eigenvalue weighted by Gasteiger charge is 2.44. The number of piperidine rings is 1. The fraction of sp³-hybridized carbons (Fsp3) is 0.517. The summed E-state index contributed by atoms with van der Waals surface area (Å²) >= 11 is 0. The number of aromatic amines is 1. The van der Waals surface area contributed by atoms with Gasteiger partial charge in [0, 0.05) is 63.8 Å². The number of H-pyrrole nitrogens is 1. The van der Waals surface area contributed by atoms with Gasteiger partial charge in [0.2, 0.25) is 17.7 Å². The van der Waals surface area contributed by atoms with E-state index in [1.54, 1.807) is 4.68 Å². The Morgan fingerprint density at radius 1 is 1.10 bits per heavy atom. The van der Waals surface area contributed by atoms with Crippen molar-refractivity contribution in [2.45, 2.75) is 71.4 Å². The van der Waals surface area contributed by atoms with Gasteiger partial charge in [-0.25, -0.2) is 0 Å². The molecule has 0 unspecified atom stereocenters. The molecule has 2 bridgehead atoms. The van der Waals surface area contributed by atoms with Gasteiger partial charge in [0.1, 0.15) is 6.04 Å². The van der Waals surface area contributed by atoms with Gasteiger partial charge >= 0.3 is 0 Å². The third kappa shape index (κ3) is 6.24. The Bertz CT molecular complexity index is 1340. The maximum atomic E-state index is 14.0. The van der Waals surface area contributed by atoms with Gasteiger partial charge in [-0.15, -0.1) is 5.10 Å². The maximum absolute atomic E-state index is 14.0. The van der Waals surface area contributed by atoms with E-state index in [-0.39, 0.29) is 17.7 Å². The first kappa shape index (κ1) is 27.5. The van der Waals surface area contributed by atoms with Gasteiger partial charge in [0.25, 0.3) is 0 Å². The van der Waals surface area contributed by atoms with Crippen LogP contribution < -0.4 is 10.6 Å². The SMILES string of the molecule is Cc1[nH]nc(CCC(=O)N2CCC3(CC2)Cc2cn(nn2)CCCNC(=O)[C@H](Cc2ccccc2)NC3=O)c1C. The van der Waals surface area contributed by atoms with Crippen molar-refractivity contribution >= 4 is 17.7 Å². The lowest BCUT2D eigenvalue weighted by atomic mass is 9.73. The fourth-order valence-corrected chi connectivity index (χ4v) is 5.65. The van der Waals surface area contributed by atoms with Crippen molar-refractivity contribution in [3.63, 3.8) is 0 Å². The van der Waals surface area contributed by atoms with Crippen LogP contribution in [0.3, 0.4) is 0 Å². The Labute approximate surface area is 234 Å². The first-order chi connectivity index (χ1) is 19.3. The van der Waals surface area contributed by atoms with Crippen LogP contribution in [0.1, 0.15) is 53.9 Å². The number of amides is 3. The van der Waals surface area contributed by atoms with E-state index >= 15 is 0 Å². The predicted molar refractivity (Wildman–Crippen MR) is 148 cm³/mol. The first-order valence-corrected chi connectivity index (χ1v) is 14.1. The second-order valence-corrected chi connectivity index (χ2v) is 11.1. The minimum atomic E-state index is -0.795. The van der Waals surface area contributed by atoms with Gasteiger partial charge in [0.05, 0.1) is 16.8 Å². The van der Waals surface area contributed by atoms with Gasteiger partial charge in [-0.2, -0.15) is 5.10 Å². The molecule has 40 heavy (non-hydrogen) atoms. The van der Waals surface area contributed by atoms with Crippen LogP contribution in [-0.4, -0.2) is 73.5 Å². The van der Waals surface area contributed by atoms with Crippen molar-refractivity contribution in [3.8, 4) is 0 Å². The second kappa shape index (κ2) is 12.0. The lowest BCUT2D eigenvalue weighted by Gasteiger charge is -2.41. The monoisotopic (exact) mass is 546 g/mol. The number of aromatic nitrogens is 5. The molecule has 2 aliphatic rings. The quantitative estimate of drug-likeness (QED) is 0.445. The van der Waals surface area contributed by atoms with Crippen LogP contribution in [0.25, 0.3) is 0 Å². The Kier molecular flexibility index (Phi) is 8.27. The van der Waals surface area contributed by atoms with Crippen LogP contribution in [0, 0.1) is 19.3 Å². The summed E-state index contributed by atoms with van der Waals surface area (Å²) in [6.45, 7) is 6.02. The van der Waals surface area contributed by atoms with E-state index in [0.717, 1.165) is 28.2 Å². The zero-order valence-electron chi connectivity index (χ0n) is 23.3. The number of nitrogens with one attached hydrogen (secondary N) is 3. The third-order valence-electron chi connectivity index (χ3n) is 8.36. The third-order valence-corrected chi connectivity index (χ3v) is 8.36. The lowest BCUT2D eigenvalue weighted by Crippen LogP contribution is -2.56. The molecule has 2 aliphatic heterocycles. The highest BCUT2D eigenvalue weighted by molar-refractivity contribution is 5.90. The number of rotatable bonds is 5. The molecule has 1 fully saturated rings. The lowest BCUT2D eigenvalue weighted by molar-refractivity contribution is -0.142. The van der Waals surface area contributed by atoms with Crippen molar-refractivity contribution in [2.75, 3.05) is 19.6 Å². The number of aryl methyl sites for hydroxylation is 3. The number of nitrogens with zero attached hydrogens (tertiary/aromatic N) is 5. The highest BCUT2D eigenvalue weighted by atomic mass is 16.2. The molecule has 11 nitrogen and oxygen atoms in total. The number of carbonyl (C=O) groups excluding carboxylic acids is 3. The van der Waals surface area contributed by atoms with Gasteiger partial charge in [0.15, 0.2) is 0 Å². The summed E-state index contributed by atoms with van der Waals surface area (Å²) in [4.78, 5) is 42.2. The van der Waals surface area contributed by atoms with Gasteiger partial charge in [-0.05, 0) is 44.2 Å². The molecule has 4 heterocycles. The summed E-state index contributed by atoms with van der Waals surface area (Å²) in [6, 6.07) is 9.02. The van der Waals surface area contributed by atoms with Crippen molar-refractivity contribution in [1.29, 1.82) is 0 Å². The number of fused-ring (bicyclic) bond motifs is 2. The Morgan fingerprint density at radius 2 is 1.88 bits per heavy atom. The van der Waals surface area contributed by atoms with E-state index in [4.69, 9.17) is 0 Å². The van der Waals surface area contributed by atoms with Crippen LogP contribution in [0.5, 0.6) is 0 Å². The van der Waals surface area contributed by atoms with Crippen LogP contribution >= 0.6 is 0 Å². The molecule has 3 amide bonds. The summed E-state index contributed by atoms with van der Waals surface area (Å²) in [7, 11) is 0. The van der Waals surface area contributed by atoms with Crippen molar-refractivity contribution in [2.24, 2.45) is 5.41 Å². The van der Waals surface area contributed by atoms with Crippen LogP contribution in [0.2, 0.25) is 0 Å². The summed E-state index contributed by atoms with van der Waals surface area (Å²) in [5, 5.41) is 22.0. The summed E-state index contributed by atoms with van der Waals surface area (Å²) in [5.74, 6) is -0.305. The molecule has 11 heteroatoms. The molecular weight excluding hydrogens is 508 g/mol. The molecule has 0 radical (unpaired) electrons. The molecular formula is C29H38N8O3. The predicted octanol–water partition coefficient (Wildman–Crippen LogP) is 1.65. The average Bonchev–Trinajstić information content (AvgIpc) is 3.54. The molecule has 212 valence electrons. The molecule has 1 saturated heterocycles. The molecule has 2 aromatic heterocycles. The van der Waals surface area contributed by atoms with E-state index in [0.29, 0.717) is 71.1 Å². The van der Waals surface area contributed by atoms with Crippen LogP contribution in [0.15, 0.2) is 36.5 Å². The molecule has 3 aromatic rings. The molecule has 0 aliphatic carbocycles. The molecule has 1 atom stereocenters. The van der Waals surface area contributed by atoms with E-state index in [9.17, 15) is 14.4 Å². The minimum Gasteiger partial charge on any atom is -0.354 e. The van der Waals surface area contributed by atoms with Crippen LogP contribution in [0.4, 0.5) is 0 Å². The van der Waals surface area contributed by atoms with E-state index in [2.05, 4.69) is 31.1 Å². The molecule has 5 rings (SSSR count). The Hall–Kier alpha value is -4.02. The van der Waals surface area contributed by atoms with Crippen molar-refractivity contribution < 1.29 is 14.4 Å². The van der Waals surface area contributed by atoms with E-state index in [1.165, 1.54) is 0 Å². The second-order valence-electron chi connectivity index (χ2n) is 11.1. The molecule has 1 aromatic carbocycles. The van der Waals surface area contributed by atoms with Gasteiger partial charge in [-0.1, -0.05) is 35.5 Å². The first-order valence-electron chi connectivity index (χ1n) is 14.1. The van der Waals surface area contributed by atoms with Gasteiger partial charge in [-0.3, -0.25) is 24.2 Å². The number of hydrogen-bond donors (Lipinski definition) is 3. The van der Waals surface area contributed by atoms with Crippen molar-refractivity contribution in [1.82, 2.24) is 40.7 Å². The van der Waals surface area contributed by atoms with E-state index < -0.39 is 11.5 Å². The maximum Gasteiger partial charge on any atom is 0.242 e. The fourth-order valence-electron chi connectivity index (χ4n) is 5.65. The van der Waals surface area contributed by atoms with Crippen molar-refractivity contribution in [3.05, 3.63) is 64.7 Å². The topological polar surface area (TPSA) is 138 Å². The summed E-state index contributed by atoms with van der Waals surface area (Å²) in [5.41, 5.74) is 3.95. The highest BCUT2D eigenvalue weighted by Crippen LogP contribution is 2.36. The molecule has 3 N–H and O–H groups in total.